The zero-order chi connectivity index (χ0) is 16.7. The Labute approximate surface area is 138 Å². The number of nitrogens with one attached hydrogen (secondary N) is 1. The number of hydrogen-bond donors (Lipinski definition) is 1. The van der Waals surface area contributed by atoms with Crippen molar-refractivity contribution in [1.29, 1.82) is 0 Å². The van der Waals surface area contributed by atoms with E-state index in [2.05, 4.69) is 5.32 Å². The number of fused-ring (bicyclic) bond motifs is 2. The first kappa shape index (κ1) is 15.4. The van der Waals surface area contributed by atoms with Crippen LogP contribution in [0.3, 0.4) is 0 Å². The minimum Gasteiger partial charge on any atom is -0.451 e. The first-order chi connectivity index (χ1) is 11.7. The molecule has 4 rings (SSSR count). The van der Waals surface area contributed by atoms with Gasteiger partial charge in [-0.3, -0.25) is 9.59 Å². The Morgan fingerprint density at radius 1 is 1.38 bits per heavy atom. The number of para-hydroxylation sites is 1. The van der Waals surface area contributed by atoms with Crippen LogP contribution in [0.1, 0.15) is 17.0 Å². The molecule has 2 fully saturated rings. The normalized spacial score (nSPS) is 28.4. The van der Waals surface area contributed by atoms with Crippen LogP contribution in [0.2, 0.25) is 0 Å². The molecule has 1 aliphatic carbocycles. The van der Waals surface area contributed by atoms with Crippen LogP contribution in [0.25, 0.3) is 11.0 Å². The molecule has 0 bridgehead atoms. The van der Waals surface area contributed by atoms with Gasteiger partial charge in [-0.05, 0) is 18.6 Å². The molecule has 0 spiro atoms. The minimum atomic E-state index is -0.366. The third-order valence-electron chi connectivity index (χ3n) is 5.04. The molecule has 126 valence electrons. The van der Waals surface area contributed by atoms with Gasteiger partial charge in [-0.2, -0.15) is 0 Å². The van der Waals surface area contributed by atoms with Crippen molar-refractivity contribution >= 4 is 16.9 Å². The molecule has 24 heavy (non-hydrogen) atoms. The van der Waals surface area contributed by atoms with Crippen LogP contribution in [0.4, 0.5) is 0 Å². The smallest absolute Gasteiger partial charge is 0.287 e. The molecule has 1 saturated carbocycles. The lowest BCUT2D eigenvalue weighted by atomic mass is 9.67. The van der Waals surface area contributed by atoms with E-state index in [4.69, 9.17) is 13.9 Å². The average Bonchev–Trinajstić information content (AvgIpc) is 3.02. The summed E-state index contributed by atoms with van der Waals surface area (Å²) in [5.74, 6) is 0.117. The first-order valence-electron chi connectivity index (χ1n) is 8.13. The zero-order valence-corrected chi connectivity index (χ0v) is 13.4. The molecule has 4 atom stereocenters. The van der Waals surface area contributed by atoms with E-state index in [1.54, 1.807) is 31.4 Å². The summed E-state index contributed by atoms with van der Waals surface area (Å²) in [6, 6.07) is 8.15. The Bertz CT molecular complexity index is 830. The van der Waals surface area contributed by atoms with E-state index < -0.39 is 0 Å². The third-order valence-corrected chi connectivity index (χ3v) is 5.04. The summed E-state index contributed by atoms with van der Waals surface area (Å²) in [4.78, 5) is 24.7. The highest BCUT2D eigenvalue weighted by Crippen LogP contribution is 2.43. The molecule has 1 aromatic heterocycles. The van der Waals surface area contributed by atoms with E-state index in [0.29, 0.717) is 30.1 Å². The van der Waals surface area contributed by atoms with Gasteiger partial charge in [0.15, 0.2) is 11.2 Å². The van der Waals surface area contributed by atoms with Crippen LogP contribution in [0.15, 0.2) is 39.5 Å². The molecule has 2 aliphatic rings. The van der Waals surface area contributed by atoms with Gasteiger partial charge in [-0.25, -0.2) is 0 Å². The lowest BCUT2D eigenvalue weighted by Gasteiger charge is -2.47. The Morgan fingerprint density at radius 3 is 3.04 bits per heavy atom. The predicted octanol–water partition coefficient (Wildman–Crippen LogP) is 1.57. The topological polar surface area (TPSA) is 77.8 Å². The van der Waals surface area contributed by atoms with Crippen LogP contribution < -0.4 is 10.7 Å². The summed E-state index contributed by atoms with van der Waals surface area (Å²) in [6.45, 7) is 1.25. The number of hydrogen-bond acceptors (Lipinski definition) is 5. The van der Waals surface area contributed by atoms with Crippen LogP contribution in [-0.4, -0.2) is 38.4 Å². The summed E-state index contributed by atoms with van der Waals surface area (Å²) >= 11 is 0. The molecule has 0 unspecified atom stereocenters. The maximum atomic E-state index is 12.6. The molecule has 2 heterocycles. The van der Waals surface area contributed by atoms with Gasteiger partial charge in [0.2, 0.25) is 0 Å². The molecule has 1 amide bonds. The first-order valence-corrected chi connectivity index (χ1v) is 8.13. The van der Waals surface area contributed by atoms with Gasteiger partial charge in [0.25, 0.3) is 5.91 Å². The van der Waals surface area contributed by atoms with Crippen molar-refractivity contribution in [3.8, 4) is 0 Å². The van der Waals surface area contributed by atoms with Crippen molar-refractivity contribution in [3.05, 3.63) is 46.3 Å². The van der Waals surface area contributed by atoms with Crippen molar-refractivity contribution in [2.75, 3.05) is 20.3 Å². The monoisotopic (exact) mass is 329 g/mol. The standard InChI is InChI=1S/C18H19NO5/c1-22-9-12-16(11-6-7-23-17(11)12)19-18(21)15-8-13(20)10-4-2-3-5-14(10)24-15/h2-5,8,11-12,16-17H,6-7,9H2,1H3,(H,19,21)/t11-,12+,16+,17-/m0/s1. The van der Waals surface area contributed by atoms with Crippen molar-refractivity contribution in [1.82, 2.24) is 5.32 Å². The van der Waals surface area contributed by atoms with Gasteiger partial charge >= 0.3 is 0 Å². The van der Waals surface area contributed by atoms with E-state index in [-0.39, 0.29) is 35.2 Å². The van der Waals surface area contributed by atoms with Crippen molar-refractivity contribution in [3.63, 3.8) is 0 Å². The van der Waals surface area contributed by atoms with Gasteiger partial charge in [-0.1, -0.05) is 12.1 Å². The second kappa shape index (κ2) is 6.03. The fraction of sp³-hybridized carbons (Fsp3) is 0.444. The van der Waals surface area contributed by atoms with Crippen molar-refractivity contribution in [2.45, 2.75) is 18.6 Å². The van der Waals surface area contributed by atoms with Crippen LogP contribution in [-0.2, 0) is 9.47 Å². The van der Waals surface area contributed by atoms with Gasteiger partial charge in [0.05, 0.1) is 18.1 Å². The molecule has 0 radical (unpaired) electrons. The molecular weight excluding hydrogens is 310 g/mol. The highest BCUT2D eigenvalue weighted by Gasteiger charge is 2.54. The van der Waals surface area contributed by atoms with E-state index >= 15 is 0 Å². The number of rotatable bonds is 4. The highest BCUT2D eigenvalue weighted by atomic mass is 16.5. The van der Waals surface area contributed by atoms with Gasteiger partial charge < -0.3 is 19.2 Å². The molecule has 1 aliphatic heterocycles. The van der Waals surface area contributed by atoms with E-state index in [9.17, 15) is 9.59 Å². The zero-order valence-electron chi connectivity index (χ0n) is 13.4. The number of methoxy groups -OCH3 is 1. The summed E-state index contributed by atoms with van der Waals surface area (Å²) in [7, 11) is 1.64. The molecular formula is C18H19NO5. The quantitative estimate of drug-likeness (QED) is 0.921. The molecule has 2 aromatic rings. The predicted molar refractivity (Wildman–Crippen MR) is 87.0 cm³/mol. The SMILES string of the molecule is COC[C@@H]1[C@H](NC(=O)c2cc(=O)c3ccccc3o2)[C@@H]2CCO[C@H]12. The maximum absolute atomic E-state index is 12.6. The summed E-state index contributed by atoms with van der Waals surface area (Å²) in [6.07, 6.45) is 1.08. The number of amides is 1. The molecule has 1 N–H and O–H groups in total. The number of benzene rings is 1. The van der Waals surface area contributed by atoms with Gasteiger partial charge in [-0.15, -0.1) is 0 Å². The molecule has 6 nitrogen and oxygen atoms in total. The van der Waals surface area contributed by atoms with Crippen LogP contribution >= 0.6 is 0 Å². The summed E-state index contributed by atoms with van der Waals surface area (Å²) < 4.78 is 16.6. The Morgan fingerprint density at radius 2 is 2.21 bits per heavy atom. The lowest BCUT2D eigenvalue weighted by Crippen LogP contribution is -2.62. The van der Waals surface area contributed by atoms with Crippen LogP contribution in [0, 0.1) is 11.8 Å². The fourth-order valence-corrected chi connectivity index (χ4v) is 3.87. The number of carbonyl (C=O) groups is 1. The molecule has 1 aromatic carbocycles. The highest BCUT2D eigenvalue weighted by molar-refractivity contribution is 5.93. The van der Waals surface area contributed by atoms with E-state index in [0.717, 1.165) is 6.42 Å². The lowest BCUT2D eigenvalue weighted by molar-refractivity contribution is -0.0811. The third kappa shape index (κ3) is 2.42. The number of ether oxygens (including phenoxy) is 2. The van der Waals surface area contributed by atoms with Gasteiger partial charge in [0.1, 0.15) is 5.58 Å². The second-order valence-corrected chi connectivity index (χ2v) is 6.38. The van der Waals surface area contributed by atoms with Crippen molar-refractivity contribution in [2.24, 2.45) is 11.8 Å². The molecule has 1 saturated heterocycles. The molecule has 6 heteroatoms. The van der Waals surface area contributed by atoms with Crippen molar-refractivity contribution < 1.29 is 18.7 Å². The second-order valence-electron chi connectivity index (χ2n) is 6.38. The van der Waals surface area contributed by atoms with E-state index in [1.807, 2.05) is 0 Å². The van der Waals surface area contributed by atoms with E-state index in [1.165, 1.54) is 6.07 Å². The summed E-state index contributed by atoms with van der Waals surface area (Å²) in [5.41, 5.74) is 0.199. The maximum Gasteiger partial charge on any atom is 0.287 e. The Kier molecular flexibility index (Phi) is 3.86. The summed E-state index contributed by atoms with van der Waals surface area (Å²) in [5, 5.41) is 3.47. The Hall–Kier alpha value is -2.18. The Balaban J connectivity index is 1.57. The van der Waals surface area contributed by atoms with Gasteiger partial charge in [0, 0.05) is 37.7 Å². The fourth-order valence-electron chi connectivity index (χ4n) is 3.87. The number of carbonyl (C=O) groups excluding carboxylic acids is 1. The largest absolute Gasteiger partial charge is 0.451 e. The average molecular weight is 329 g/mol. The minimum absolute atomic E-state index is 0.0123. The van der Waals surface area contributed by atoms with Crippen LogP contribution in [0.5, 0.6) is 0 Å².